The number of aryl methyl sites for hydroxylation is 1. The summed E-state index contributed by atoms with van der Waals surface area (Å²) >= 11 is 0. The molecule has 3 aromatic heterocycles. The molecule has 0 bridgehead atoms. The summed E-state index contributed by atoms with van der Waals surface area (Å²) in [6, 6.07) is 7.37. The number of pyridine rings is 2. The Hall–Kier alpha value is -2.96. The van der Waals surface area contributed by atoms with Gasteiger partial charge in [-0.2, -0.15) is 0 Å². The summed E-state index contributed by atoms with van der Waals surface area (Å²) in [5.41, 5.74) is 0.00792. The molecule has 3 aromatic rings. The molecule has 128 valence electrons. The molecule has 1 saturated carbocycles. The first-order valence-corrected chi connectivity index (χ1v) is 8.45. The molecular weight excluding hydrogens is 318 g/mol. The van der Waals surface area contributed by atoms with Crippen molar-refractivity contribution in [2.45, 2.75) is 31.7 Å². The Bertz CT molecular complexity index is 1030. The number of rotatable bonds is 3. The van der Waals surface area contributed by atoms with E-state index >= 15 is 0 Å². The number of nitrogens with one attached hydrogen (secondary N) is 1. The van der Waals surface area contributed by atoms with Gasteiger partial charge in [-0.15, -0.1) is 0 Å². The maximum atomic E-state index is 12.7. The number of hydrogen-bond acceptors (Lipinski definition) is 5. The van der Waals surface area contributed by atoms with E-state index in [4.69, 9.17) is 0 Å². The highest BCUT2D eigenvalue weighted by atomic mass is 16.2. The van der Waals surface area contributed by atoms with E-state index in [0.29, 0.717) is 22.8 Å². The number of aromatic nitrogens is 4. The van der Waals surface area contributed by atoms with Crippen molar-refractivity contribution < 1.29 is 0 Å². The Kier molecular flexibility index (Phi) is 3.83. The van der Waals surface area contributed by atoms with Crippen LogP contribution in [0.3, 0.4) is 0 Å². The predicted octanol–water partition coefficient (Wildman–Crippen LogP) is 1.83. The van der Waals surface area contributed by atoms with E-state index in [1.807, 2.05) is 6.07 Å². The van der Waals surface area contributed by atoms with Gasteiger partial charge in [-0.1, -0.05) is 12.8 Å². The van der Waals surface area contributed by atoms with Gasteiger partial charge in [0.05, 0.1) is 17.3 Å². The third kappa shape index (κ3) is 2.71. The normalized spacial score (nSPS) is 14.9. The molecule has 0 saturated heterocycles. The van der Waals surface area contributed by atoms with Gasteiger partial charge < -0.3 is 5.32 Å². The van der Waals surface area contributed by atoms with Crippen molar-refractivity contribution in [3.63, 3.8) is 0 Å². The Morgan fingerprint density at radius 1 is 1.12 bits per heavy atom. The topological polar surface area (TPSA) is 81.8 Å². The average molecular weight is 337 g/mol. The van der Waals surface area contributed by atoms with E-state index in [-0.39, 0.29) is 5.56 Å². The van der Waals surface area contributed by atoms with Crippen LogP contribution in [0, 0.1) is 0 Å². The molecule has 4 rings (SSSR count). The van der Waals surface area contributed by atoms with Crippen LogP contribution in [0.4, 0.5) is 5.82 Å². The van der Waals surface area contributed by atoms with Crippen molar-refractivity contribution in [3.05, 3.63) is 57.5 Å². The molecule has 0 unspecified atom stereocenters. The van der Waals surface area contributed by atoms with Crippen LogP contribution in [-0.2, 0) is 7.05 Å². The van der Waals surface area contributed by atoms with Crippen molar-refractivity contribution >= 4 is 16.9 Å². The predicted molar refractivity (Wildman–Crippen MR) is 96.3 cm³/mol. The van der Waals surface area contributed by atoms with Gasteiger partial charge >= 0.3 is 5.69 Å². The Balaban J connectivity index is 1.77. The fourth-order valence-electron chi connectivity index (χ4n) is 3.39. The van der Waals surface area contributed by atoms with E-state index < -0.39 is 5.69 Å². The SMILES string of the molecule is Cn1c(=O)n(-c2ccc(NC3CCCC3)nc2)c(=O)c2cccnc21. The highest BCUT2D eigenvalue weighted by Gasteiger charge is 2.16. The van der Waals surface area contributed by atoms with Gasteiger partial charge in [0.2, 0.25) is 0 Å². The van der Waals surface area contributed by atoms with E-state index in [1.54, 1.807) is 37.6 Å². The van der Waals surface area contributed by atoms with Crippen LogP contribution < -0.4 is 16.6 Å². The van der Waals surface area contributed by atoms with Crippen molar-refractivity contribution in [1.29, 1.82) is 0 Å². The lowest BCUT2D eigenvalue weighted by molar-refractivity contribution is 0.747. The molecule has 0 amide bonds. The largest absolute Gasteiger partial charge is 0.367 e. The van der Waals surface area contributed by atoms with Gasteiger partial charge in [-0.25, -0.2) is 19.3 Å². The minimum Gasteiger partial charge on any atom is -0.367 e. The molecule has 0 atom stereocenters. The van der Waals surface area contributed by atoms with E-state index in [9.17, 15) is 9.59 Å². The molecule has 1 N–H and O–H groups in total. The Morgan fingerprint density at radius 3 is 2.64 bits per heavy atom. The van der Waals surface area contributed by atoms with Crippen molar-refractivity contribution in [1.82, 2.24) is 19.1 Å². The van der Waals surface area contributed by atoms with E-state index in [0.717, 1.165) is 23.2 Å². The average Bonchev–Trinajstić information content (AvgIpc) is 3.14. The minimum atomic E-state index is -0.436. The fourth-order valence-corrected chi connectivity index (χ4v) is 3.39. The molecule has 1 fully saturated rings. The number of anilines is 1. The second-order valence-electron chi connectivity index (χ2n) is 6.38. The zero-order chi connectivity index (χ0) is 17.4. The number of nitrogens with zero attached hydrogens (tertiary/aromatic N) is 4. The van der Waals surface area contributed by atoms with Crippen molar-refractivity contribution in [2.24, 2.45) is 7.05 Å². The first kappa shape index (κ1) is 15.6. The number of fused-ring (bicyclic) bond motifs is 1. The van der Waals surface area contributed by atoms with E-state index in [1.165, 1.54) is 17.4 Å². The molecule has 25 heavy (non-hydrogen) atoms. The van der Waals surface area contributed by atoms with Crippen LogP contribution in [0.5, 0.6) is 0 Å². The monoisotopic (exact) mass is 337 g/mol. The molecule has 0 radical (unpaired) electrons. The van der Waals surface area contributed by atoms with Gasteiger partial charge in [-0.3, -0.25) is 9.36 Å². The van der Waals surface area contributed by atoms with Gasteiger partial charge in [0, 0.05) is 19.3 Å². The third-order valence-electron chi connectivity index (χ3n) is 4.73. The van der Waals surface area contributed by atoms with Gasteiger partial charge in [0.1, 0.15) is 11.5 Å². The van der Waals surface area contributed by atoms with Crippen LogP contribution in [0.1, 0.15) is 25.7 Å². The van der Waals surface area contributed by atoms with Crippen LogP contribution >= 0.6 is 0 Å². The molecular formula is C18H19N5O2. The summed E-state index contributed by atoms with van der Waals surface area (Å²) in [5, 5.41) is 3.80. The highest BCUT2D eigenvalue weighted by molar-refractivity contribution is 5.73. The fraction of sp³-hybridized carbons (Fsp3) is 0.333. The smallest absolute Gasteiger partial charge is 0.337 e. The zero-order valence-electron chi connectivity index (χ0n) is 14.0. The molecule has 0 aliphatic heterocycles. The molecule has 3 heterocycles. The summed E-state index contributed by atoms with van der Waals surface area (Å²) in [6.07, 6.45) is 7.92. The molecule has 7 heteroatoms. The third-order valence-corrected chi connectivity index (χ3v) is 4.73. The maximum Gasteiger partial charge on any atom is 0.337 e. The first-order chi connectivity index (χ1) is 12.1. The van der Waals surface area contributed by atoms with Crippen molar-refractivity contribution in [2.75, 3.05) is 5.32 Å². The Labute approximate surface area is 144 Å². The number of hydrogen-bond donors (Lipinski definition) is 1. The van der Waals surface area contributed by atoms with Crippen LogP contribution in [0.15, 0.2) is 46.2 Å². The lowest BCUT2D eigenvalue weighted by Gasteiger charge is -2.13. The standard InChI is InChI=1S/C18H19N5O2/c1-22-16-14(7-4-10-19-16)17(24)23(18(22)25)13-8-9-15(20-11-13)21-12-5-2-3-6-12/h4,7-12H,2-3,5-6H2,1H3,(H,20,21). The minimum absolute atomic E-state index is 0.376. The van der Waals surface area contributed by atoms with Crippen molar-refractivity contribution in [3.8, 4) is 5.69 Å². The molecule has 0 spiro atoms. The molecule has 7 nitrogen and oxygen atoms in total. The summed E-state index contributed by atoms with van der Waals surface area (Å²) in [4.78, 5) is 33.9. The second-order valence-corrected chi connectivity index (χ2v) is 6.38. The van der Waals surface area contributed by atoms with E-state index in [2.05, 4.69) is 15.3 Å². The first-order valence-electron chi connectivity index (χ1n) is 8.45. The van der Waals surface area contributed by atoms with Gasteiger partial charge in [-0.05, 0) is 37.1 Å². The quantitative estimate of drug-likeness (QED) is 0.788. The molecule has 1 aliphatic carbocycles. The van der Waals surface area contributed by atoms with Crippen LogP contribution in [0.2, 0.25) is 0 Å². The summed E-state index contributed by atoms with van der Waals surface area (Å²) in [5.74, 6) is 0.767. The zero-order valence-corrected chi connectivity index (χ0v) is 14.0. The second kappa shape index (κ2) is 6.16. The maximum absolute atomic E-state index is 12.7. The van der Waals surface area contributed by atoms with Gasteiger partial charge in [0.15, 0.2) is 0 Å². The van der Waals surface area contributed by atoms with Gasteiger partial charge in [0.25, 0.3) is 5.56 Å². The Morgan fingerprint density at radius 2 is 1.92 bits per heavy atom. The lowest BCUT2D eigenvalue weighted by Crippen LogP contribution is -2.38. The molecule has 1 aliphatic rings. The summed E-state index contributed by atoms with van der Waals surface area (Å²) < 4.78 is 2.51. The summed E-state index contributed by atoms with van der Waals surface area (Å²) in [6.45, 7) is 0. The van der Waals surface area contributed by atoms with Crippen LogP contribution in [0.25, 0.3) is 16.7 Å². The highest BCUT2D eigenvalue weighted by Crippen LogP contribution is 2.21. The summed E-state index contributed by atoms with van der Waals surface area (Å²) in [7, 11) is 1.61. The lowest BCUT2D eigenvalue weighted by atomic mass is 10.2. The van der Waals surface area contributed by atoms with Crippen LogP contribution in [-0.4, -0.2) is 25.1 Å². The molecule has 0 aromatic carbocycles.